The zero-order valence-corrected chi connectivity index (χ0v) is 25.2. The molecule has 4 aromatic rings. The fourth-order valence-corrected chi connectivity index (χ4v) is 7.00. The summed E-state index contributed by atoms with van der Waals surface area (Å²) in [7, 11) is 1.29. The van der Waals surface area contributed by atoms with Gasteiger partial charge >= 0.3 is 11.9 Å². The van der Waals surface area contributed by atoms with Gasteiger partial charge in [0.05, 0.1) is 24.3 Å². The van der Waals surface area contributed by atoms with Crippen LogP contribution < -0.4 is 9.64 Å². The highest BCUT2D eigenvalue weighted by molar-refractivity contribution is 8.00. The fraction of sp³-hybridized carbons (Fsp3) is 0.219. The summed E-state index contributed by atoms with van der Waals surface area (Å²) in [5.41, 5.74) is 4.34. The van der Waals surface area contributed by atoms with Gasteiger partial charge in [0.15, 0.2) is 4.34 Å². The smallest absolute Gasteiger partial charge is 0.337 e. The lowest BCUT2D eigenvalue weighted by Gasteiger charge is -2.22. The number of aliphatic hydroxyl groups excluding tert-OH is 1. The number of hydrogen-bond acceptors (Lipinski definition) is 10. The van der Waals surface area contributed by atoms with E-state index < -0.39 is 23.7 Å². The van der Waals surface area contributed by atoms with Crippen LogP contribution in [0.2, 0.25) is 0 Å². The van der Waals surface area contributed by atoms with Gasteiger partial charge in [-0.3, -0.25) is 14.5 Å². The molecule has 0 aliphatic carbocycles. The van der Waals surface area contributed by atoms with Gasteiger partial charge in [0, 0.05) is 17.7 Å². The monoisotopic (exact) mass is 613 g/mol. The number of ketones is 1. The first-order valence-corrected chi connectivity index (χ1v) is 15.3. The van der Waals surface area contributed by atoms with Crippen molar-refractivity contribution in [2.45, 2.75) is 42.5 Å². The van der Waals surface area contributed by atoms with E-state index in [2.05, 4.69) is 10.2 Å². The zero-order chi connectivity index (χ0) is 30.2. The topological polar surface area (TPSA) is 119 Å². The molecular weight excluding hydrogens is 587 g/mol. The number of hydrogen-bond donors (Lipinski definition) is 1. The number of aryl methyl sites for hydroxylation is 1. The Morgan fingerprint density at radius 2 is 1.79 bits per heavy atom. The molecule has 0 radical (unpaired) electrons. The van der Waals surface area contributed by atoms with E-state index in [-0.39, 0.29) is 22.6 Å². The Balaban J connectivity index is 1.39. The second kappa shape index (κ2) is 11.7. The molecule has 43 heavy (non-hydrogen) atoms. The van der Waals surface area contributed by atoms with E-state index in [0.29, 0.717) is 33.2 Å². The molecule has 0 spiro atoms. The molecule has 0 unspecified atom stereocenters. The molecule has 2 aliphatic heterocycles. The molecule has 0 bridgehead atoms. The van der Waals surface area contributed by atoms with Crippen molar-refractivity contribution in [2.24, 2.45) is 0 Å². The predicted octanol–water partition coefficient (Wildman–Crippen LogP) is 5.88. The van der Waals surface area contributed by atoms with Crippen molar-refractivity contribution in [2.75, 3.05) is 12.0 Å². The van der Waals surface area contributed by atoms with Crippen LogP contribution in [0.3, 0.4) is 0 Å². The van der Waals surface area contributed by atoms with Gasteiger partial charge in [-0.25, -0.2) is 4.79 Å². The number of benzene rings is 3. The highest BCUT2D eigenvalue weighted by atomic mass is 32.2. The zero-order valence-electron chi connectivity index (χ0n) is 23.6. The van der Waals surface area contributed by atoms with Crippen molar-refractivity contribution >= 4 is 51.6 Å². The minimum atomic E-state index is -1.00. The Labute approximate surface area is 256 Å². The van der Waals surface area contributed by atoms with Crippen LogP contribution in [-0.4, -0.2) is 46.2 Å². The lowest BCUT2D eigenvalue weighted by molar-refractivity contribution is -0.132. The molecule has 218 valence electrons. The normalized spacial score (nSPS) is 18.9. The highest BCUT2D eigenvalue weighted by Gasteiger charge is 2.48. The van der Waals surface area contributed by atoms with Crippen molar-refractivity contribution in [1.29, 1.82) is 0 Å². The van der Waals surface area contributed by atoms with Crippen LogP contribution in [-0.2, 0) is 26.5 Å². The van der Waals surface area contributed by atoms with E-state index in [1.807, 2.05) is 38.1 Å². The number of esters is 1. The maximum absolute atomic E-state index is 13.6. The second-order valence-electron chi connectivity index (χ2n) is 10.4. The number of thioether (sulfide) groups is 1. The van der Waals surface area contributed by atoms with Crippen LogP contribution in [0.5, 0.6) is 5.75 Å². The van der Waals surface area contributed by atoms with Crippen LogP contribution in [0.25, 0.3) is 5.76 Å². The van der Waals surface area contributed by atoms with Crippen molar-refractivity contribution < 1.29 is 29.0 Å². The van der Waals surface area contributed by atoms with Gasteiger partial charge in [0.2, 0.25) is 5.13 Å². The lowest BCUT2D eigenvalue weighted by atomic mass is 9.94. The first-order valence-electron chi connectivity index (χ1n) is 13.5. The molecule has 3 aromatic carbocycles. The lowest BCUT2D eigenvalue weighted by Crippen LogP contribution is -2.29. The molecular formula is C32H27N3O6S2. The van der Waals surface area contributed by atoms with Crippen molar-refractivity contribution in [1.82, 2.24) is 10.2 Å². The van der Waals surface area contributed by atoms with Crippen molar-refractivity contribution in [3.8, 4) is 5.75 Å². The average molecular weight is 614 g/mol. The van der Waals surface area contributed by atoms with Gasteiger partial charge in [-0.1, -0.05) is 65.1 Å². The Bertz CT molecular complexity index is 1760. The van der Waals surface area contributed by atoms with Crippen LogP contribution in [0.1, 0.15) is 51.1 Å². The van der Waals surface area contributed by atoms with E-state index in [1.165, 1.54) is 40.7 Å². The molecule has 11 heteroatoms. The maximum atomic E-state index is 13.6. The summed E-state index contributed by atoms with van der Waals surface area (Å²) in [5.74, 6) is -1.10. The fourth-order valence-electron chi connectivity index (χ4n) is 5.18. The molecule has 1 N–H and O–H groups in total. The van der Waals surface area contributed by atoms with Crippen LogP contribution in [0.15, 0.2) is 76.6 Å². The number of carbonyl (C=O) groups is 3. The number of aliphatic hydroxyl groups is 1. The highest BCUT2D eigenvalue weighted by Crippen LogP contribution is 2.44. The van der Waals surface area contributed by atoms with Gasteiger partial charge in [-0.15, -0.1) is 10.2 Å². The average Bonchev–Trinajstić information content (AvgIpc) is 3.71. The number of carbonyl (C=O) groups excluding carboxylic acids is 3. The summed E-state index contributed by atoms with van der Waals surface area (Å²) in [6, 6.07) is 18.8. The number of anilines is 1. The molecule has 9 nitrogen and oxygen atoms in total. The first-order chi connectivity index (χ1) is 20.7. The first kappa shape index (κ1) is 28.6. The van der Waals surface area contributed by atoms with Crippen molar-refractivity contribution in [3.05, 3.63) is 106 Å². The van der Waals surface area contributed by atoms with Gasteiger partial charge in [0.1, 0.15) is 17.6 Å². The molecule has 0 saturated carbocycles. The maximum Gasteiger partial charge on any atom is 0.337 e. The Morgan fingerprint density at radius 1 is 1.07 bits per heavy atom. The number of ether oxygens (including phenoxy) is 2. The Hall–Kier alpha value is -4.48. The summed E-state index contributed by atoms with van der Waals surface area (Å²) in [6.07, 6.45) is 0.665. The number of amides is 1. The number of rotatable bonds is 7. The van der Waals surface area contributed by atoms with E-state index in [4.69, 9.17) is 9.47 Å². The molecule has 2 atom stereocenters. The van der Waals surface area contributed by atoms with Crippen LogP contribution in [0, 0.1) is 6.92 Å². The van der Waals surface area contributed by atoms with Crippen LogP contribution >= 0.6 is 23.1 Å². The number of nitrogens with zero attached hydrogens (tertiary/aromatic N) is 3. The minimum absolute atomic E-state index is 0.00165. The molecule has 2 aliphatic rings. The summed E-state index contributed by atoms with van der Waals surface area (Å²) in [4.78, 5) is 40.5. The van der Waals surface area contributed by atoms with E-state index in [1.54, 1.807) is 42.5 Å². The Morgan fingerprint density at radius 3 is 2.51 bits per heavy atom. The molecule has 1 amide bonds. The van der Waals surface area contributed by atoms with Gasteiger partial charge in [-0.05, 0) is 60.9 Å². The largest absolute Gasteiger partial charge is 0.507 e. The van der Waals surface area contributed by atoms with Gasteiger partial charge in [0.25, 0.3) is 5.78 Å². The molecule has 1 saturated heterocycles. The summed E-state index contributed by atoms with van der Waals surface area (Å²) >= 11 is 2.67. The third-order valence-electron chi connectivity index (χ3n) is 7.35. The number of Topliss-reactive ketones (excluding diaryl/α,β-unsaturated/α-hetero) is 1. The number of methoxy groups -OCH3 is 1. The third kappa shape index (κ3) is 5.53. The standard InChI is InChI=1S/C32H27N3O6S2/c1-17-4-6-19(7-5-17)16-42-32-34-33-31(43-32)35-26(20-8-10-21(11-9-20)30(39)40-3)25(28(37)29(35)38)27(36)22-12-13-24-23(15-22)14-18(2)41-24/h4-13,15,18,26,36H,14,16H2,1-3H3/t18-,26+/m1/s1. The van der Waals surface area contributed by atoms with Gasteiger partial charge in [-0.2, -0.15) is 0 Å². The number of aromatic nitrogens is 2. The molecule has 1 aromatic heterocycles. The SMILES string of the molecule is COC(=O)c1ccc([C@H]2C(=C(O)c3ccc4c(c3)C[C@@H](C)O4)C(=O)C(=O)N2c2nnc(SCc3ccc(C)cc3)s2)cc1. The molecule has 3 heterocycles. The minimum Gasteiger partial charge on any atom is -0.507 e. The summed E-state index contributed by atoms with van der Waals surface area (Å²) in [5, 5.41) is 20.3. The quantitative estimate of drug-likeness (QED) is 0.0681. The molecule has 1 fully saturated rings. The third-order valence-corrected chi connectivity index (χ3v) is 9.47. The van der Waals surface area contributed by atoms with E-state index >= 15 is 0 Å². The van der Waals surface area contributed by atoms with Crippen LogP contribution in [0.4, 0.5) is 5.13 Å². The predicted molar refractivity (Wildman–Crippen MR) is 163 cm³/mol. The van der Waals surface area contributed by atoms with E-state index in [0.717, 1.165) is 16.9 Å². The second-order valence-corrected chi connectivity index (χ2v) is 12.5. The van der Waals surface area contributed by atoms with Gasteiger partial charge < -0.3 is 14.6 Å². The summed E-state index contributed by atoms with van der Waals surface area (Å²) in [6.45, 7) is 3.99. The molecule has 6 rings (SSSR count). The van der Waals surface area contributed by atoms with E-state index in [9.17, 15) is 19.5 Å². The summed E-state index contributed by atoms with van der Waals surface area (Å²) < 4.78 is 11.2. The Kier molecular flexibility index (Phi) is 7.76. The van der Waals surface area contributed by atoms with Crippen molar-refractivity contribution in [3.63, 3.8) is 0 Å². The number of fused-ring (bicyclic) bond motifs is 1.